The van der Waals surface area contributed by atoms with Crippen LogP contribution in [-0.4, -0.2) is 193 Å². The largest absolute Gasteiger partial charge is 0.394 e. The van der Waals surface area contributed by atoms with E-state index < -0.39 is 124 Å². The van der Waals surface area contributed by atoms with Crippen LogP contribution >= 0.6 is 0 Å². The van der Waals surface area contributed by atoms with Crippen molar-refractivity contribution in [1.82, 2.24) is 5.32 Å². The van der Waals surface area contributed by atoms with Gasteiger partial charge in [-0.1, -0.05) is 245 Å². The molecule has 3 aliphatic rings. The molecule has 3 fully saturated rings. The topological polar surface area (TPSA) is 307 Å². The predicted octanol–water partition coefficient (Wildman–Crippen LogP) is 10.8. The van der Waals surface area contributed by atoms with Crippen LogP contribution in [0.15, 0.2) is 122 Å². The first-order valence-electron chi connectivity index (χ1n) is 36.8. The van der Waals surface area contributed by atoms with Gasteiger partial charge in [0.2, 0.25) is 5.91 Å². The summed E-state index contributed by atoms with van der Waals surface area (Å²) in [6.07, 6.45) is 51.7. The third-order valence-corrected chi connectivity index (χ3v) is 17.5. The van der Waals surface area contributed by atoms with Crippen LogP contribution < -0.4 is 5.32 Å². The summed E-state index contributed by atoms with van der Waals surface area (Å²) in [7, 11) is 0. The van der Waals surface area contributed by atoms with Gasteiger partial charge in [0.15, 0.2) is 18.9 Å². The van der Waals surface area contributed by atoms with Crippen molar-refractivity contribution in [3.63, 3.8) is 0 Å². The average Bonchev–Trinajstić information content (AvgIpc) is 0.786. The van der Waals surface area contributed by atoms with Crippen LogP contribution in [0.5, 0.6) is 0 Å². The summed E-state index contributed by atoms with van der Waals surface area (Å²) in [5, 5.41) is 121. The fraction of sp³-hybridized carbons (Fsp3) is 0.727. The molecular formula is C77H129NO18. The maximum absolute atomic E-state index is 13.4. The Kier molecular flexibility index (Phi) is 51.2. The van der Waals surface area contributed by atoms with Gasteiger partial charge in [0.05, 0.1) is 38.6 Å². The van der Waals surface area contributed by atoms with E-state index in [-0.39, 0.29) is 18.9 Å². The van der Waals surface area contributed by atoms with Crippen LogP contribution in [0, 0.1) is 0 Å². The zero-order chi connectivity index (χ0) is 69.6. The molecule has 19 heteroatoms. The summed E-state index contributed by atoms with van der Waals surface area (Å²) in [5.41, 5.74) is 0. The van der Waals surface area contributed by atoms with Crippen molar-refractivity contribution >= 4 is 5.91 Å². The maximum atomic E-state index is 13.4. The molecule has 0 aliphatic carbocycles. The lowest BCUT2D eigenvalue weighted by atomic mass is 9.96. The molecular weight excluding hydrogens is 1230 g/mol. The lowest BCUT2D eigenvalue weighted by Crippen LogP contribution is -2.66. The number of nitrogens with one attached hydrogen (secondary N) is 1. The monoisotopic (exact) mass is 1360 g/mol. The van der Waals surface area contributed by atoms with Crippen molar-refractivity contribution in [3.05, 3.63) is 122 Å². The first-order chi connectivity index (χ1) is 46.8. The van der Waals surface area contributed by atoms with Crippen molar-refractivity contribution in [2.24, 2.45) is 0 Å². The number of amides is 1. The second-order valence-corrected chi connectivity index (χ2v) is 25.7. The number of aliphatic hydroxyl groups excluding tert-OH is 11. The standard InChI is InChI=1S/C77H129NO18/c1-3-5-7-9-11-13-15-17-19-21-23-25-26-27-28-29-30-31-32-33-34-35-37-39-41-43-45-47-49-51-53-55-65(83)78-60(61(82)54-52-50-48-46-44-42-40-38-36-24-22-20-18-16-14-12-10-8-6-4-2)59-91-75-71(89)68(86)73(63(57-80)93-75)96-77-72(90)69(87)74(64(58-81)94-77)95-76-70(88)67(85)66(84)62(56-79)92-76/h5,7,11,13,17,19,23,25,27-28,30-31,33-34,37,39,44,46,52,54,60-64,66-77,79-82,84-90H,3-4,6,8-10,12,14-16,18,20-22,24,26,29,32,35-36,38,40-43,45,47-51,53,55-59H2,1-2H3,(H,78,83)/b7-5-,13-11-,19-17-,25-23-,28-27-,31-30-,34-33-,39-37-,46-44+,54-52+. The minimum absolute atomic E-state index is 0.210. The lowest BCUT2D eigenvalue weighted by molar-refractivity contribution is -0.379. The highest BCUT2D eigenvalue weighted by Gasteiger charge is 2.53. The van der Waals surface area contributed by atoms with Gasteiger partial charge in [-0.25, -0.2) is 0 Å². The molecule has 19 nitrogen and oxygen atoms in total. The van der Waals surface area contributed by atoms with Gasteiger partial charge in [-0.05, 0) is 96.3 Å². The predicted molar refractivity (Wildman–Crippen MR) is 378 cm³/mol. The Morgan fingerprint density at radius 3 is 1.17 bits per heavy atom. The fourth-order valence-electron chi connectivity index (χ4n) is 11.6. The highest BCUT2D eigenvalue weighted by atomic mass is 16.8. The molecule has 3 saturated heterocycles. The number of carbonyl (C=O) groups excluding carboxylic acids is 1. The Morgan fingerprint density at radius 1 is 0.385 bits per heavy atom. The highest BCUT2D eigenvalue weighted by molar-refractivity contribution is 5.76. The molecule has 17 atom stereocenters. The summed E-state index contributed by atoms with van der Waals surface area (Å²) in [4.78, 5) is 13.4. The van der Waals surface area contributed by atoms with Crippen LogP contribution in [0.3, 0.4) is 0 Å². The molecule has 1 amide bonds. The first-order valence-corrected chi connectivity index (χ1v) is 36.8. The lowest BCUT2D eigenvalue weighted by Gasteiger charge is -2.48. The molecule has 0 spiro atoms. The third kappa shape index (κ3) is 37.6. The van der Waals surface area contributed by atoms with E-state index in [1.807, 2.05) is 6.08 Å². The number of hydrogen-bond donors (Lipinski definition) is 12. The average molecular weight is 1360 g/mol. The molecule has 3 heterocycles. The van der Waals surface area contributed by atoms with E-state index >= 15 is 0 Å². The quantitative estimate of drug-likeness (QED) is 0.0199. The van der Waals surface area contributed by atoms with Gasteiger partial charge < -0.3 is 89.9 Å². The van der Waals surface area contributed by atoms with Crippen LogP contribution in [0.4, 0.5) is 0 Å². The number of aliphatic hydroxyl groups is 11. The molecule has 0 radical (unpaired) electrons. The number of carbonyl (C=O) groups is 1. The van der Waals surface area contributed by atoms with Crippen molar-refractivity contribution in [1.29, 1.82) is 0 Å². The molecule has 96 heavy (non-hydrogen) atoms. The van der Waals surface area contributed by atoms with Crippen molar-refractivity contribution in [2.75, 3.05) is 26.4 Å². The summed E-state index contributed by atoms with van der Waals surface area (Å²) in [6.45, 7) is 1.58. The Bertz CT molecular complexity index is 2210. The van der Waals surface area contributed by atoms with Crippen LogP contribution in [0.25, 0.3) is 0 Å². The van der Waals surface area contributed by atoms with Crippen molar-refractivity contribution in [3.8, 4) is 0 Å². The molecule has 550 valence electrons. The van der Waals surface area contributed by atoms with E-state index in [1.165, 1.54) is 83.5 Å². The van der Waals surface area contributed by atoms with E-state index in [0.717, 1.165) is 109 Å². The second-order valence-electron chi connectivity index (χ2n) is 25.7. The summed E-state index contributed by atoms with van der Waals surface area (Å²) < 4.78 is 34.3. The van der Waals surface area contributed by atoms with E-state index in [4.69, 9.17) is 28.4 Å². The second kappa shape index (κ2) is 56.9. The Labute approximate surface area is 576 Å². The van der Waals surface area contributed by atoms with E-state index in [2.05, 4.69) is 129 Å². The molecule has 17 unspecified atom stereocenters. The first kappa shape index (κ1) is 86.4. The summed E-state index contributed by atoms with van der Waals surface area (Å²) in [5.74, 6) is -0.305. The molecule has 3 aliphatic heterocycles. The van der Waals surface area contributed by atoms with Gasteiger partial charge in [0, 0.05) is 6.42 Å². The van der Waals surface area contributed by atoms with Gasteiger partial charge in [-0.2, -0.15) is 0 Å². The number of ether oxygens (including phenoxy) is 6. The SMILES string of the molecule is CC/C=C\C/C=C\C/C=C\C/C=C\C/C=C\C/C=C\C/C=C\C/C=C\CCCCCCCCC(=O)NC(COC1OC(CO)C(OC2OC(CO)C(OC3OC(CO)C(O)C(O)C3O)C(O)C2O)C(O)C1O)C(O)/C=C/CC/C=C/CCCCCCCCCCCCCCCC. The summed E-state index contributed by atoms with van der Waals surface area (Å²) >= 11 is 0. The molecule has 0 aromatic rings. The normalized spacial score (nSPS) is 27.8. The van der Waals surface area contributed by atoms with Crippen LogP contribution in [0.2, 0.25) is 0 Å². The smallest absolute Gasteiger partial charge is 0.220 e. The number of rotatable bonds is 55. The Morgan fingerprint density at radius 2 is 0.729 bits per heavy atom. The third-order valence-electron chi connectivity index (χ3n) is 17.5. The molecule has 12 N–H and O–H groups in total. The van der Waals surface area contributed by atoms with Gasteiger partial charge in [-0.3, -0.25) is 4.79 Å². The van der Waals surface area contributed by atoms with E-state index in [0.29, 0.717) is 12.8 Å². The van der Waals surface area contributed by atoms with Crippen molar-refractivity contribution < 1.29 is 89.4 Å². The Balaban J connectivity index is 1.43. The van der Waals surface area contributed by atoms with Crippen LogP contribution in [0.1, 0.15) is 226 Å². The molecule has 0 aromatic heterocycles. The number of hydrogen-bond acceptors (Lipinski definition) is 18. The van der Waals surface area contributed by atoms with Crippen LogP contribution in [-0.2, 0) is 33.2 Å². The van der Waals surface area contributed by atoms with E-state index in [1.54, 1.807) is 6.08 Å². The zero-order valence-electron chi connectivity index (χ0n) is 58.3. The molecule has 0 saturated carbocycles. The zero-order valence-corrected chi connectivity index (χ0v) is 58.3. The summed E-state index contributed by atoms with van der Waals surface area (Å²) in [6, 6.07) is -1.01. The number of allylic oxidation sites excluding steroid dienone is 19. The fourth-order valence-corrected chi connectivity index (χ4v) is 11.6. The minimum Gasteiger partial charge on any atom is -0.394 e. The van der Waals surface area contributed by atoms with Gasteiger partial charge in [-0.15, -0.1) is 0 Å². The molecule has 0 bridgehead atoms. The highest BCUT2D eigenvalue weighted by Crippen LogP contribution is 2.33. The van der Waals surface area contributed by atoms with Crippen molar-refractivity contribution in [2.45, 2.75) is 330 Å². The molecule has 3 rings (SSSR count). The van der Waals surface area contributed by atoms with E-state index in [9.17, 15) is 61.0 Å². The van der Waals surface area contributed by atoms with Gasteiger partial charge in [0.25, 0.3) is 0 Å². The van der Waals surface area contributed by atoms with Gasteiger partial charge >= 0.3 is 0 Å². The number of unbranched alkanes of at least 4 members (excludes halogenated alkanes) is 21. The molecule has 0 aromatic carbocycles. The Hall–Kier alpha value is -3.81. The van der Waals surface area contributed by atoms with Gasteiger partial charge in [0.1, 0.15) is 73.2 Å². The maximum Gasteiger partial charge on any atom is 0.220 e. The minimum atomic E-state index is -1.99.